The number of hydrogen-bond acceptors (Lipinski definition) is 1. The molecule has 0 amide bonds. The molecule has 1 saturated heterocycles. The molecule has 2 atom stereocenters. The standard InChI is InChI=1S/C13H17BrFN/c1-13(15)5-6-16-9-11(13)7-10-3-2-4-12(14)8-10/h2-4,8,11,16H,5-7,9H2,1H3. The molecular weight excluding hydrogens is 269 g/mol. The highest BCUT2D eigenvalue weighted by atomic mass is 79.9. The van der Waals surface area contributed by atoms with Gasteiger partial charge in [-0.25, -0.2) is 4.39 Å². The van der Waals surface area contributed by atoms with Crippen LogP contribution in [0.2, 0.25) is 0 Å². The van der Waals surface area contributed by atoms with Crippen LogP contribution in [0.3, 0.4) is 0 Å². The molecule has 2 rings (SSSR count). The first-order valence-corrected chi connectivity index (χ1v) is 6.51. The third kappa shape index (κ3) is 2.83. The topological polar surface area (TPSA) is 12.0 Å². The van der Waals surface area contributed by atoms with Gasteiger partial charge in [0.25, 0.3) is 0 Å². The first kappa shape index (κ1) is 12.1. The summed E-state index contributed by atoms with van der Waals surface area (Å²) >= 11 is 3.45. The highest BCUT2D eigenvalue weighted by molar-refractivity contribution is 9.10. The summed E-state index contributed by atoms with van der Waals surface area (Å²) in [5.41, 5.74) is 0.167. The van der Waals surface area contributed by atoms with Gasteiger partial charge in [-0.3, -0.25) is 0 Å². The quantitative estimate of drug-likeness (QED) is 0.879. The van der Waals surface area contributed by atoms with Gasteiger partial charge in [-0.1, -0.05) is 28.1 Å². The summed E-state index contributed by atoms with van der Waals surface area (Å²) in [6.45, 7) is 3.30. The third-order valence-electron chi connectivity index (χ3n) is 3.40. The fraction of sp³-hybridized carbons (Fsp3) is 0.538. The Hall–Kier alpha value is -0.410. The average Bonchev–Trinajstić information content (AvgIpc) is 2.21. The van der Waals surface area contributed by atoms with Crippen molar-refractivity contribution in [1.29, 1.82) is 0 Å². The van der Waals surface area contributed by atoms with Crippen molar-refractivity contribution >= 4 is 15.9 Å². The second-order valence-corrected chi connectivity index (χ2v) is 5.68. The highest BCUT2D eigenvalue weighted by Gasteiger charge is 2.36. The Morgan fingerprint density at radius 3 is 3.06 bits per heavy atom. The average molecular weight is 286 g/mol. The molecule has 2 unspecified atom stereocenters. The van der Waals surface area contributed by atoms with Gasteiger partial charge < -0.3 is 5.32 Å². The maximum Gasteiger partial charge on any atom is 0.113 e. The number of nitrogens with one attached hydrogen (secondary N) is 1. The summed E-state index contributed by atoms with van der Waals surface area (Å²) in [6.07, 6.45) is 1.42. The van der Waals surface area contributed by atoms with Crippen molar-refractivity contribution in [2.75, 3.05) is 13.1 Å². The molecule has 0 spiro atoms. The van der Waals surface area contributed by atoms with Crippen LogP contribution in [-0.2, 0) is 6.42 Å². The number of halogens is 2. The predicted molar refractivity (Wildman–Crippen MR) is 68.3 cm³/mol. The molecule has 0 saturated carbocycles. The van der Waals surface area contributed by atoms with Gasteiger partial charge in [0.1, 0.15) is 5.67 Å². The SMILES string of the molecule is CC1(F)CCNCC1Cc1cccc(Br)c1. The van der Waals surface area contributed by atoms with Gasteiger partial charge in [-0.15, -0.1) is 0 Å². The van der Waals surface area contributed by atoms with Crippen LogP contribution >= 0.6 is 15.9 Å². The van der Waals surface area contributed by atoms with Crippen molar-refractivity contribution in [2.24, 2.45) is 5.92 Å². The normalized spacial score (nSPS) is 30.3. The molecule has 0 aromatic heterocycles. The van der Waals surface area contributed by atoms with Crippen molar-refractivity contribution in [3.8, 4) is 0 Å². The molecule has 0 aliphatic carbocycles. The molecule has 1 N–H and O–H groups in total. The minimum absolute atomic E-state index is 0.0792. The largest absolute Gasteiger partial charge is 0.316 e. The Labute approximate surface area is 105 Å². The molecule has 1 heterocycles. The maximum atomic E-state index is 14.3. The summed E-state index contributed by atoms with van der Waals surface area (Å²) in [5, 5.41) is 3.27. The third-order valence-corrected chi connectivity index (χ3v) is 3.90. The highest BCUT2D eigenvalue weighted by Crippen LogP contribution is 2.31. The summed E-state index contributed by atoms with van der Waals surface area (Å²) in [5.74, 6) is 0.0792. The Morgan fingerprint density at radius 2 is 2.38 bits per heavy atom. The lowest BCUT2D eigenvalue weighted by atomic mass is 9.81. The number of piperidine rings is 1. The lowest BCUT2D eigenvalue weighted by Gasteiger charge is -2.35. The Morgan fingerprint density at radius 1 is 1.56 bits per heavy atom. The lowest BCUT2D eigenvalue weighted by Crippen LogP contribution is -2.46. The van der Waals surface area contributed by atoms with Gasteiger partial charge in [0.05, 0.1) is 0 Å². The first-order valence-electron chi connectivity index (χ1n) is 5.72. The van der Waals surface area contributed by atoms with Crippen LogP contribution in [-0.4, -0.2) is 18.8 Å². The maximum absolute atomic E-state index is 14.3. The molecule has 1 aliphatic rings. The van der Waals surface area contributed by atoms with E-state index in [9.17, 15) is 4.39 Å². The zero-order chi connectivity index (χ0) is 11.6. The van der Waals surface area contributed by atoms with Crippen molar-refractivity contribution in [3.05, 3.63) is 34.3 Å². The fourth-order valence-electron chi connectivity index (χ4n) is 2.26. The Kier molecular flexibility index (Phi) is 3.65. The number of alkyl halides is 1. The van der Waals surface area contributed by atoms with Gasteiger partial charge >= 0.3 is 0 Å². The number of hydrogen-bond donors (Lipinski definition) is 1. The molecule has 1 fully saturated rings. The molecular formula is C13H17BrFN. The van der Waals surface area contributed by atoms with E-state index < -0.39 is 5.67 Å². The van der Waals surface area contributed by atoms with Crippen molar-refractivity contribution < 1.29 is 4.39 Å². The molecule has 1 aromatic carbocycles. The Balaban J connectivity index is 2.08. The van der Waals surface area contributed by atoms with E-state index in [1.807, 2.05) is 12.1 Å². The van der Waals surface area contributed by atoms with Crippen molar-refractivity contribution in [3.63, 3.8) is 0 Å². The summed E-state index contributed by atoms with van der Waals surface area (Å²) < 4.78 is 15.3. The van der Waals surface area contributed by atoms with E-state index in [2.05, 4.69) is 33.4 Å². The first-order chi connectivity index (χ1) is 7.58. The lowest BCUT2D eigenvalue weighted by molar-refractivity contribution is 0.0676. The van der Waals surface area contributed by atoms with Gasteiger partial charge in [-0.2, -0.15) is 0 Å². The van der Waals surface area contributed by atoms with Crippen molar-refractivity contribution in [2.45, 2.75) is 25.4 Å². The Bertz CT molecular complexity index is 365. The second-order valence-electron chi connectivity index (χ2n) is 4.76. The van der Waals surface area contributed by atoms with E-state index in [1.54, 1.807) is 6.92 Å². The molecule has 0 bridgehead atoms. The van der Waals surface area contributed by atoms with E-state index in [0.29, 0.717) is 6.42 Å². The molecule has 16 heavy (non-hydrogen) atoms. The molecule has 0 radical (unpaired) electrons. The van der Waals surface area contributed by atoms with Crippen LogP contribution < -0.4 is 5.32 Å². The van der Waals surface area contributed by atoms with Crippen LogP contribution in [0.5, 0.6) is 0 Å². The molecule has 1 nitrogen and oxygen atoms in total. The van der Waals surface area contributed by atoms with Gasteiger partial charge in [0.15, 0.2) is 0 Å². The molecule has 1 aromatic rings. The van der Waals surface area contributed by atoms with Gasteiger partial charge in [0.2, 0.25) is 0 Å². The summed E-state index contributed by atoms with van der Waals surface area (Å²) in [7, 11) is 0. The van der Waals surface area contributed by atoms with E-state index in [-0.39, 0.29) is 5.92 Å². The van der Waals surface area contributed by atoms with Crippen LogP contribution in [0, 0.1) is 5.92 Å². The minimum atomic E-state index is -1.03. The van der Waals surface area contributed by atoms with E-state index in [1.165, 1.54) is 5.56 Å². The van der Waals surface area contributed by atoms with Crippen molar-refractivity contribution in [1.82, 2.24) is 5.32 Å². The molecule has 3 heteroatoms. The zero-order valence-corrected chi connectivity index (χ0v) is 11.1. The van der Waals surface area contributed by atoms with Crippen LogP contribution in [0.1, 0.15) is 18.9 Å². The summed E-state index contributed by atoms with van der Waals surface area (Å²) in [6, 6.07) is 8.14. The molecule has 1 aliphatic heterocycles. The van der Waals surface area contributed by atoms with E-state index in [4.69, 9.17) is 0 Å². The van der Waals surface area contributed by atoms with Gasteiger partial charge in [0, 0.05) is 16.9 Å². The monoisotopic (exact) mass is 285 g/mol. The van der Waals surface area contributed by atoms with Crippen LogP contribution in [0.25, 0.3) is 0 Å². The van der Waals surface area contributed by atoms with Gasteiger partial charge in [-0.05, 0) is 44.0 Å². The zero-order valence-electron chi connectivity index (χ0n) is 9.47. The second kappa shape index (κ2) is 4.84. The number of rotatable bonds is 2. The number of benzene rings is 1. The van der Waals surface area contributed by atoms with E-state index >= 15 is 0 Å². The van der Waals surface area contributed by atoms with Crippen LogP contribution in [0.4, 0.5) is 4.39 Å². The fourth-order valence-corrected chi connectivity index (χ4v) is 2.71. The smallest absolute Gasteiger partial charge is 0.113 e. The summed E-state index contributed by atoms with van der Waals surface area (Å²) in [4.78, 5) is 0. The van der Waals surface area contributed by atoms with Crippen LogP contribution in [0.15, 0.2) is 28.7 Å². The molecule has 88 valence electrons. The van der Waals surface area contributed by atoms with E-state index in [0.717, 1.165) is 24.0 Å². The minimum Gasteiger partial charge on any atom is -0.316 e. The predicted octanol–water partition coefficient (Wildman–Crippen LogP) is 3.33.